The van der Waals surface area contributed by atoms with Crippen LogP contribution in [0.4, 0.5) is 4.79 Å². The Hall–Kier alpha value is -3.10. The topological polar surface area (TPSA) is 117 Å². The predicted octanol–water partition coefficient (Wildman–Crippen LogP) is 2.71. The van der Waals surface area contributed by atoms with Crippen molar-refractivity contribution in [2.75, 3.05) is 13.2 Å². The zero-order chi connectivity index (χ0) is 22.4. The van der Waals surface area contributed by atoms with Gasteiger partial charge in [-0.3, -0.25) is 14.4 Å². The number of hydrogen-bond donors (Lipinski definition) is 1. The molecule has 0 heterocycles. The van der Waals surface area contributed by atoms with Crippen molar-refractivity contribution in [1.29, 1.82) is 0 Å². The second-order valence-electron chi connectivity index (χ2n) is 6.49. The van der Waals surface area contributed by atoms with Gasteiger partial charge in [-0.25, -0.2) is 4.79 Å². The highest BCUT2D eigenvalue weighted by Gasteiger charge is 2.20. The SMILES string of the molecule is CCOC(=O)OC(C)OC(=O)C(C)CCNC(=O)CCC(=O)OCc1ccccc1. The van der Waals surface area contributed by atoms with Crippen molar-refractivity contribution in [3.8, 4) is 0 Å². The van der Waals surface area contributed by atoms with E-state index < -0.39 is 30.3 Å². The van der Waals surface area contributed by atoms with Crippen LogP contribution < -0.4 is 5.32 Å². The Morgan fingerprint density at radius 2 is 1.67 bits per heavy atom. The fourth-order valence-electron chi connectivity index (χ4n) is 2.25. The number of rotatable bonds is 12. The monoisotopic (exact) mass is 423 g/mol. The molecule has 9 heteroatoms. The van der Waals surface area contributed by atoms with E-state index in [1.165, 1.54) is 6.92 Å². The van der Waals surface area contributed by atoms with Gasteiger partial charge < -0.3 is 24.3 Å². The molecule has 1 aromatic rings. The number of carbonyl (C=O) groups excluding carboxylic acids is 4. The minimum Gasteiger partial charge on any atom is -0.461 e. The lowest BCUT2D eigenvalue weighted by atomic mass is 10.1. The molecule has 9 nitrogen and oxygen atoms in total. The number of benzene rings is 1. The number of ether oxygens (including phenoxy) is 4. The molecule has 1 aromatic carbocycles. The first-order valence-electron chi connectivity index (χ1n) is 9.82. The van der Waals surface area contributed by atoms with E-state index in [1.54, 1.807) is 13.8 Å². The highest BCUT2D eigenvalue weighted by Crippen LogP contribution is 2.08. The fraction of sp³-hybridized carbons (Fsp3) is 0.524. The van der Waals surface area contributed by atoms with E-state index >= 15 is 0 Å². The van der Waals surface area contributed by atoms with Crippen molar-refractivity contribution in [3.63, 3.8) is 0 Å². The van der Waals surface area contributed by atoms with Crippen molar-refractivity contribution >= 4 is 24.0 Å². The van der Waals surface area contributed by atoms with Gasteiger partial charge in [-0.15, -0.1) is 0 Å². The van der Waals surface area contributed by atoms with Crippen LogP contribution in [-0.2, 0) is 39.9 Å². The van der Waals surface area contributed by atoms with Crippen LogP contribution in [0.25, 0.3) is 0 Å². The molecular weight excluding hydrogens is 394 g/mol. The highest BCUT2D eigenvalue weighted by atomic mass is 16.8. The number of hydrogen-bond acceptors (Lipinski definition) is 8. The largest absolute Gasteiger partial charge is 0.511 e. The van der Waals surface area contributed by atoms with E-state index in [2.05, 4.69) is 10.1 Å². The van der Waals surface area contributed by atoms with Crippen molar-refractivity contribution in [2.45, 2.75) is 52.9 Å². The van der Waals surface area contributed by atoms with E-state index in [1.807, 2.05) is 30.3 Å². The van der Waals surface area contributed by atoms with Gasteiger partial charge in [0, 0.05) is 19.9 Å². The summed E-state index contributed by atoms with van der Waals surface area (Å²) in [6, 6.07) is 9.25. The molecule has 2 unspecified atom stereocenters. The first-order valence-corrected chi connectivity index (χ1v) is 9.82. The Balaban J connectivity index is 2.16. The molecule has 0 bridgehead atoms. The molecular formula is C21H29NO8. The molecule has 1 rings (SSSR count). The third-order valence-electron chi connectivity index (χ3n) is 3.91. The number of nitrogens with one attached hydrogen (secondary N) is 1. The third-order valence-corrected chi connectivity index (χ3v) is 3.91. The molecule has 0 aromatic heterocycles. The smallest absolute Gasteiger partial charge is 0.461 e. The zero-order valence-electron chi connectivity index (χ0n) is 17.6. The van der Waals surface area contributed by atoms with Crippen LogP contribution in [0.3, 0.4) is 0 Å². The summed E-state index contributed by atoms with van der Waals surface area (Å²) in [5.41, 5.74) is 0.873. The van der Waals surface area contributed by atoms with Crippen molar-refractivity contribution < 1.29 is 38.1 Å². The Bertz CT molecular complexity index is 692. The summed E-state index contributed by atoms with van der Waals surface area (Å²) in [6.45, 7) is 5.22. The maximum Gasteiger partial charge on any atom is 0.511 e. The number of esters is 2. The fourth-order valence-corrected chi connectivity index (χ4v) is 2.25. The van der Waals surface area contributed by atoms with Crippen molar-refractivity contribution in [2.24, 2.45) is 5.92 Å². The van der Waals surface area contributed by atoms with Gasteiger partial charge in [-0.2, -0.15) is 0 Å². The lowest BCUT2D eigenvalue weighted by molar-refractivity contribution is -0.172. The Labute approximate surface area is 176 Å². The number of amides is 1. The molecule has 1 amide bonds. The summed E-state index contributed by atoms with van der Waals surface area (Å²) in [4.78, 5) is 46.6. The molecule has 0 aliphatic carbocycles. The summed E-state index contributed by atoms with van der Waals surface area (Å²) >= 11 is 0. The molecule has 1 N–H and O–H groups in total. The first kappa shape index (κ1) is 24.9. The summed E-state index contributed by atoms with van der Waals surface area (Å²) in [6.07, 6.45) is -1.69. The zero-order valence-corrected chi connectivity index (χ0v) is 17.6. The molecule has 2 atom stereocenters. The normalized spacial score (nSPS) is 12.2. The molecule has 0 aliphatic rings. The van der Waals surface area contributed by atoms with Gasteiger partial charge in [0.25, 0.3) is 0 Å². The lowest BCUT2D eigenvalue weighted by Crippen LogP contribution is -2.30. The molecule has 0 saturated carbocycles. The third kappa shape index (κ3) is 11.0. The first-order chi connectivity index (χ1) is 14.3. The van der Waals surface area contributed by atoms with E-state index in [0.29, 0.717) is 6.42 Å². The Kier molecular flexibility index (Phi) is 11.6. The summed E-state index contributed by atoms with van der Waals surface area (Å²) in [5, 5.41) is 2.64. The molecule has 30 heavy (non-hydrogen) atoms. The lowest BCUT2D eigenvalue weighted by Gasteiger charge is -2.16. The molecule has 0 saturated heterocycles. The van der Waals surface area contributed by atoms with Crippen LogP contribution in [0.1, 0.15) is 45.6 Å². The van der Waals surface area contributed by atoms with E-state index in [-0.39, 0.29) is 38.5 Å². The van der Waals surface area contributed by atoms with E-state index in [9.17, 15) is 19.2 Å². The van der Waals surface area contributed by atoms with Gasteiger partial charge in [0.15, 0.2) is 0 Å². The summed E-state index contributed by atoms with van der Waals surface area (Å²) in [5.74, 6) is -1.85. The van der Waals surface area contributed by atoms with Gasteiger partial charge in [0.1, 0.15) is 6.61 Å². The minimum atomic E-state index is -1.07. The van der Waals surface area contributed by atoms with Gasteiger partial charge in [-0.05, 0) is 18.9 Å². The van der Waals surface area contributed by atoms with E-state index in [4.69, 9.17) is 14.2 Å². The summed E-state index contributed by atoms with van der Waals surface area (Å²) < 4.78 is 19.4. The van der Waals surface area contributed by atoms with Crippen molar-refractivity contribution in [3.05, 3.63) is 35.9 Å². The van der Waals surface area contributed by atoms with Crippen LogP contribution in [0.2, 0.25) is 0 Å². The van der Waals surface area contributed by atoms with Gasteiger partial charge >= 0.3 is 18.1 Å². The van der Waals surface area contributed by atoms with Gasteiger partial charge in [-0.1, -0.05) is 37.3 Å². The van der Waals surface area contributed by atoms with Crippen LogP contribution in [0.15, 0.2) is 30.3 Å². The minimum absolute atomic E-state index is 0.00311. The number of carbonyl (C=O) groups is 4. The summed E-state index contributed by atoms with van der Waals surface area (Å²) in [7, 11) is 0. The molecule has 0 spiro atoms. The molecule has 0 aliphatic heterocycles. The maximum atomic E-state index is 11.9. The Morgan fingerprint density at radius 3 is 2.33 bits per heavy atom. The quantitative estimate of drug-likeness (QED) is 0.310. The average Bonchev–Trinajstić information content (AvgIpc) is 2.71. The maximum absolute atomic E-state index is 11.9. The van der Waals surface area contributed by atoms with E-state index in [0.717, 1.165) is 5.56 Å². The second kappa shape index (κ2) is 14.0. The van der Waals surface area contributed by atoms with Gasteiger partial charge in [0.05, 0.1) is 18.9 Å². The highest BCUT2D eigenvalue weighted by molar-refractivity contribution is 5.81. The average molecular weight is 423 g/mol. The second-order valence-corrected chi connectivity index (χ2v) is 6.49. The van der Waals surface area contributed by atoms with Crippen LogP contribution in [-0.4, -0.2) is 43.4 Å². The van der Waals surface area contributed by atoms with Gasteiger partial charge in [0.2, 0.25) is 12.2 Å². The molecule has 0 radical (unpaired) electrons. The molecule has 0 fully saturated rings. The van der Waals surface area contributed by atoms with Crippen molar-refractivity contribution in [1.82, 2.24) is 5.32 Å². The Morgan fingerprint density at radius 1 is 0.967 bits per heavy atom. The van der Waals surface area contributed by atoms with Crippen LogP contribution in [0.5, 0.6) is 0 Å². The predicted molar refractivity (Wildman–Crippen MR) is 106 cm³/mol. The van der Waals surface area contributed by atoms with Crippen LogP contribution >= 0.6 is 0 Å². The van der Waals surface area contributed by atoms with Crippen LogP contribution in [0, 0.1) is 5.92 Å². The molecule has 166 valence electrons. The standard InChI is InChI=1S/C21H29NO8/c1-4-27-21(26)30-16(3)29-20(25)15(2)12-13-22-18(23)10-11-19(24)28-14-17-8-6-5-7-9-17/h5-9,15-16H,4,10-14H2,1-3H3,(H,22,23).